The highest BCUT2D eigenvalue weighted by molar-refractivity contribution is 4.77. The maximum atomic E-state index is 3.97. The Balaban J connectivity index is 2.37. The number of hydrogen-bond donors (Lipinski definition) is 0. The van der Waals surface area contributed by atoms with Gasteiger partial charge in [0.1, 0.15) is 0 Å². The van der Waals surface area contributed by atoms with Crippen molar-refractivity contribution in [3.63, 3.8) is 0 Å². The lowest BCUT2D eigenvalue weighted by atomic mass is 10.1. The Hall–Kier alpha value is -1.05. The van der Waals surface area contributed by atoms with Gasteiger partial charge in [-0.2, -0.15) is 0 Å². The van der Waals surface area contributed by atoms with Gasteiger partial charge < -0.3 is 4.57 Å². The lowest BCUT2D eigenvalue weighted by molar-refractivity contribution is 0.487. The number of hydrogen-bond acceptors (Lipinski definition) is 1. The minimum absolute atomic E-state index is 0.654. The van der Waals surface area contributed by atoms with Crippen LogP contribution in [-0.2, 0) is 6.54 Å². The van der Waals surface area contributed by atoms with Crippen LogP contribution in [0.2, 0.25) is 0 Å². The lowest BCUT2D eigenvalue weighted by Crippen LogP contribution is -2.04. The SMILES string of the molecule is C=CCC(C)Cn1ccnc1. The largest absolute Gasteiger partial charge is 0.337 e. The molecule has 60 valence electrons. The molecule has 0 spiro atoms. The van der Waals surface area contributed by atoms with E-state index in [0.717, 1.165) is 13.0 Å². The van der Waals surface area contributed by atoms with Crippen molar-refractivity contribution in [2.45, 2.75) is 19.9 Å². The van der Waals surface area contributed by atoms with E-state index in [1.807, 2.05) is 18.6 Å². The summed E-state index contributed by atoms with van der Waals surface area (Å²) in [6, 6.07) is 0. The summed E-state index contributed by atoms with van der Waals surface area (Å²) in [5, 5.41) is 0. The standard InChI is InChI=1S/C9H14N2/c1-3-4-9(2)7-11-6-5-10-8-11/h3,5-6,8-9H,1,4,7H2,2H3. The molecule has 0 aliphatic carbocycles. The van der Waals surface area contributed by atoms with Crippen molar-refractivity contribution < 1.29 is 0 Å². The van der Waals surface area contributed by atoms with Crippen LogP contribution >= 0.6 is 0 Å². The molecule has 0 N–H and O–H groups in total. The molecular formula is C9H14N2. The highest BCUT2D eigenvalue weighted by atomic mass is 15.0. The Morgan fingerprint density at radius 1 is 1.73 bits per heavy atom. The smallest absolute Gasteiger partial charge is 0.0945 e. The zero-order valence-corrected chi connectivity index (χ0v) is 6.90. The summed E-state index contributed by atoms with van der Waals surface area (Å²) in [5.74, 6) is 0.654. The molecule has 0 saturated heterocycles. The van der Waals surface area contributed by atoms with E-state index in [-0.39, 0.29) is 0 Å². The number of rotatable bonds is 4. The molecule has 0 aliphatic rings. The van der Waals surface area contributed by atoms with Crippen LogP contribution < -0.4 is 0 Å². The minimum atomic E-state index is 0.654. The molecule has 0 bridgehead atoms. The van der Waals surface area contributed by atoms with Gasteiger partial charge >= 0.3 is 0 Å². The first kappa shape index (κ1) is 8.05. The summed E-state index contributed by atoms with van der Waals surface area (Å²) in [6.45, 7) is 6.95. The second kappa shape index (κ2) is 3.96. The summed E-state index contributed by atoms with van der Waals surface area (Å²) in [6.07, 6.45) is 8.67. The van der Waals surface area contributed by atoms with Crippen molar-refractivity contribution in [1.29, 1.82) is 0 Å². The predicted molar refractivity (Wildman–Crippen MR) is 46.2 cm³/mol. The normalized spacial score (nSPS) is 12.8. The topological polar surface area (TPSA) is 17.8 Å². The molecule has 0 amide bonds. The van der Waals surface area contributed by atoms with Crippen LogP contribution in [0.5, 0.6) is 0 Å². The maximum Gasteiger partial charge on any atom is 0.0945 e. The molecule has 0 radical (unpaired) electrons. The Labute approximate surface area is 67.6 Å². The van der Waals surface area contributed by atoms with Gasteiger partial charge in [0.2, 0.25) is 0 Å². The molecule has 1 unspecified atom stereocenters. The van der Waals surface area contributed by atoms with E-state index in [1.54, 1.807) is 6.20 Å². The van der Waals surface area contributed by atoms with E-state index in [0.29, 0.717) is 5.92 Å². The molecule has 1 aromatic rings. The predicted octanol–water partition coefficient (Wildman–Crippen LogP) is 2.10. The van der Waals surface area contributed by atoms with Gasteiger partial charge in [0.15, 0.2) is 0 Å². The van der Waals surface area contributed by atoms with Crippen molar-refractivity contribution >= 4 is 0 Å². The third-order valence-corrected chi connectivity index (χ3v) is 1.65. The van der Waals surface area contributed by atoms with Gasteiger partial charge in [0, 0.05) is 18.9 Å². The van der Waals surface area contributed by atoms with E-state index in [4.69, 9.17) is 0 Å². The first-order valence-corrected chi connectivity index (χ1v) is 3.89. The Morgan fingerprint density at radius 2 is 2.55 bits per heavy atom. The van der Waals surface area contributed by atoms with Gasteiger partial charge in [0.25, 0.3) is 0 Å². The van der Waals surface area contributed by atoms with Gasteiger partial charge in [-0.3, -0.25) is 0 Å². The molecule has 1 rings (SSSR count). The van der Waals surface area contributed by atoms with Crippen molar-refractivity contribution in [3.05, 3.63) is 31.4 Å². The average molecular weight is 150 g/mol. The molecular weight excluding hydrogens is 136 g/mol. The first-order valence-electron chi connectivity index (χ1n) is 3.89. The van der Waals surface area contributed by atoms with Gasteiger partial charge in [-0.15, -0.1) is 6.58 Å². The van der Waals surface area contributed by atoms with Crippen LogP contribution in [0.3, 0.4) is 0 Å². The van der Waals surface area contributed by atoms with E-state index < -0.39 is 0 Å². The number of allylic oxidation sites excluding steroid dienone is 1. The highest BCUT2D eigenvalue weighted by Gasteiger charge is 1.98. The summed E-state index contributed by atoms with van der Waals surface area (Å²) in [7, 11) is 0. The van der Waals surface area contributed by atoms with Crippen LogP contribution in [0.25, 0.3) is 0 Å². The molecule has 1 atom stereocenters. The van der Waals surface area contributed by atoms with Gasteiger partial charge in [0.05, 0.1) is 6.33 Å². The molecule has 0 saturated carbocycles. The minimum Gasteiger partial charge on any atom is -0.337 e. The molecule has 2 nitrogen and oxygen atoms in total. The van der Waals surface area contributed by atoms with E-state index >= 15 is 0 Å². The van der Waals surface area contributed by atoms with Crippen LogP contribution in [0, 0.1) is 5.92 Å². The fourth-order valence-electron chi connectivity index (χ4n) is 1.11. The fourth-order valence-corrected chi connectivity index (χ4v) is 1.11. The Kier molecular flexibility index (Phi) is 2.90. The van der Waals surface area contributed by atoms with Crippen molar-refractivity contribution in [3.8, 4) is 0 Å². The lowest BCUT2D eigenvalue weighted by Gasteiger charge is -2.08. The third-order valence-electron chi connectivity index (χ3n) is 1.65. The van der Waals surface area contributed by atoms with Crippen LogP contribution in [0.15, 0.2) is 31.4 Å². The summed E-state index contributed by atoms with van der Waals surface area (Å²) < 4.78 is 2.09. The number of nitrogens with zero attached hydrogens (tertiary/aromatic N) is 2. The van der Waals surface area contributed by atoms with Crippen molar-refractivity contribution in [2.75, 3.05) is 0 Å². The second-order valence-electron chi connectivity index (χ2n) is 2.89. The molecule has 1 aromatic heterocycles. The Morgan fingerprint density at radius 3 is 3.09 bits per heavy atom. The van der Waals surface area contributed by atoms with E-state index in [9.17, 15) is 0 Å². The quantitative estimate of drug-likeness (QED) is 0.601. The number of imidazole rings is 1. The van der Waals surface area contributed by atoms with E-state index in [1.165, 1.54) is 0 Å². The summed E-state index contributed by atoms with van der Waals surface area (Å²) in [5.41, 5.74) is 0. The molecule has 0 aromatic carbocycles. The van der Waals surface area contributed by atoms with E-state index in [2.05, 4.69) is 23.1 Å². The molecule has 11 heavy (non-hydrogen) atoms. The van der Waals surface area contributed by atoms with Crippen LogP contribution in [0.4, 0.5) is 0 Å². The molecule has 1 heterocycles. The van der Waals surface area contributed by atoms with Gasteiger partial charge in [-0.1, -0.05) is 13.0 Å². The number of aromatic nitrogens is 2. The van der Waals surface area contributed by atoms with Gasteiger partial charge in [-0.25, -0.2) is 4.98 Å². The monoisotopic (exact) mass is 150 g/mol. The molecule has 0 aliphatic heterocycles. The second-order valence-corrected chi connectivity index (χ2v) is 2.89. The molecule has 0 fully saturated rings. The summed E-state index contributed by atoms with van der Waals surface area (Å²) in [4.78, 5) is 3.97. The highest BCUT2D eigenvalue weighted by Crippen LogP contribution is 2.05. The summed E-state index contributed by atoms with van der Waals surface area (Å²) >= 11 is 0. The molecule has 2 heteroatoms. The maximum absolute atomic E-state index is 3.97. The zero-order chi connectivity index (χ0) is 8.10. The first-order chi connectivity index (χ1) is 5.33. The van der Waals surface area contributed by atoms with Crippen LogP contribution in [0.1, 0.15) is 13.3 Å². The fraction of sp³-hybridized carbons (Fsp3) is 0.444. The van der Waals surface area contributed by atoms with Gasteiger partial charge in [-0.05, 0) is 12.3 Å². The third kappa shape index (κ3) is 2.58. The van der Waals surface area contributed by atoms with Crippen molar-refractivity contribution in [2.24, 2.45) is 5.92 Å². The van der Waals surface area contributed by atoms with Crippen molar-refractivity contribution in [1.82, 2.24) is 9.55 Å². The van der Waals surface area contributed by atoms with Crippen LogP contribution in [-0.4, -0.2) is 9.55 Å². The Bertz CT molecular complexity index is 201. The zero-order valence-electron chi connectivity index (χ0n) is 6.90. The average Bonchev–Trinajstić information content (AvgIpc) is 2.40.